The van der Waals surface area contributed by atoms with Gasteiger partial charge in [0, 0.05) is 17.5 Å². The van der Waals surface area contributed by atoms with Crippen molar-refractivity contribution in [2.75, 3.05) is 19.5 Å². The van der Waals surface area contributed by atoms with Gasteiger partial charge in [-0.25, -0.2) is 0 Å². The number of aromatic nitrogens is 2. The summed E-state index contributed by atoms with van der Waals surface area (Å²) in [7, 11) is 3.24. The highest BCUT2D eigenvalue weighted by Gasteiger charge is 2.32. The zero-order valence-corrected chi connectivity index (χ0v) is 17.6. The van der Waals surface area contributed by atoms with Crippen molar-refractivity contribution in [2.45, 2.75) is 38.0 Å². The maximum absolute atomic E-state index is 13.3. The molecule has 6 heteroatoms. The van der Waals surface area contributed by atoms with Gasteiger partial charge in [-0.15, -0.1) is 0 Å². The molecule has 30 heavy (non-hydrogen) atoms. The van der Waals surface area contributed by atoms with Gasteiger partial charge in [-0.3, -0.25) is 9.89 Å². The quantitative estimate of drug-likeness (QED) is 0.546. The first-order valence-corrected chi connectivity index (χ1v) is 10.3. The van der Waals surface area contributed by atoms with Crippen LogP contribution in [0.1, 0.15) is 49.3 Å². The highest BCUT2D eigenvalue weighted by atomic mass is 16.5. The number of H-pyrrole nitrogens is 1. The Kier molecular flexibility index (Phi) is 5.74. The van der Waals surface area contributed by atoms with E-state index in [-0.39, 0.29) is 11.8 Å². The van der Waals surface area contributed by atoms with E-state index in [0.29, 0.717) is 29.5 Å². The molecule has 4 rings (SSSR count). The van der Waals surface area contributed by atoms with E-state index >= 15 is 0 Å². The van der Waals surface area contributed by atoms with Crippen LogP contribution in [0.5, 0.6) is 11.5 Å². The van der Waals surface area contributed by atoms with Gasteiger partial charge in [0.15, 0.2) is 0 Å². The Hall–Kier alpha value is -3.28. The standard InChI is InChI=1S/C24H27N3O3/c1-4-18(15-8-6-5-7-9-15)24(28)25-23-21(16-10-11-16)26-27-22(23)19-13-12-17(29-2)14-20(19)30-3/h5-9,12-14,16,18H,4,10-11H2,1-3H3,(H,25,28)(H,26,27)/t18-/m0/s1. The van der Waals surface area contributed by atoms with E-state index in [1.54, 1.807) is 14.2 Å². The lowest BCUT2D eigenvalue weighted by molar-refractivity contribution is -0.117. The summed E-state index contributed by atoms with van der Waals surface area (Å²) < 4.78 is 10.9. The van der Waals surface area contributed by atoms with E-state index in [0.717, 1.165) is 35.3 Å². The number of amides is 1. The molecule has 2 aromatic carbocycles. The molecule has 0 radical (unpaired) electrons. The number of ether oxygens (including phenoxy) is 2. The summed E-state index contributed by atoms with van der Waals surface area (Å²) in [4.78, 5) is 13.3. The first-order valence-electron chi connectivity index (χ1n) is 10.3. The van der Waals surface area contributed by atoms with Crippen LogP contribution in [0.25, 0.3) is 11.3 Å². The summed E-state index contributed by atoms with van der Waals surface area (Å²) >= 11 is 0. The van der Waals surface area contributed by atoms with Gasteiger partial charge in [0.2, 0.25) is 5.91 Å². The predicted molar refractivity (Wildman–Crippen MR) is 117 cm³/mol. The van der Waals surface area contributed by atoms with Crippen LogP contribution in [-0.2, 0) is 4.79 Å². The van der Waals surface area contributed by atoms with Crippen LogP contribution in [0.2, 0.25) is 0 Å². The Morgan fingerprint density at radius 2 is 1.93 bits per heavy atom. The molecule has 0 bridgehead atoms. The SMILES string of the molecule is CC[C@H](C(=O)Nc1c(-c2ccc(OC)cc2OC)n[nH]c1C1CC1)c1ccccc1. The number of nitrogens with zero attached hydrogens (tertiary/aromatic N) is 1. The van der Waals surface area contributed by atoms with Crippen molar-refractivity contribution in [2.24, 2.45) is 0 Å². The molecule has 1 aliphatic carbocycles. The molecule has 1 atom stereocenters. The number of carbonyl (C=O) groups is 1. The van der Waals surface area contributed by atoms with Crippen LogP contribution in [0.4, 0.5) is 5.69 Å². The minimum atomic E-state index is -0.223. The number of aromatic amines is 1. The second-order valence-corrected chi connectivity index (χ2v) is 7.56. The summed E-state index contributed by atoms with van der Waals surface area (Å²) in [6, 6.07) is 15.5. The average Bonchev–Trinajstić information content (AvgIpc) is 3.55. The van der Waals surface area contributed by atoms with Crippen LogP contribution in [-0.4, -0.2) is 30.3 Å². The van der Waals surface area contributed by atoms with Crippen molar-refractivity contribution in [3.63, 3.8) is 0 Å². The third-order valence-corrected chi connectivity index (χ3v) is 5.62. The van der Waals surface area contributed by atoms with E-state index in [1.807, 2.05) is 55.5 Å². The highest BCUT2D eigenvalue weighted by Crippen LogP contribution is 2.47. The van der Waals surface area contributed by atoms with Gasteiger partial charge in [0.05, 0.1) is 31.5 Å². The zero-order valence-electron chi connectivity index (χ0n) is 17.6. The van der Waals surface area contributed by atoms with Gasteiger partial charge in [0.25, 0.3) is 0 Å². The number of methoxy groups -OCH3 is 2. The van der Waals surface area contributed by atoms with E-state index < -0.39 is 0 Å². The molecule has 1 saturated carbocycles. The largest absolute Gasteiger partial charge is 0.497 e. The second-order valence-electron chi connectivity index (χ2n) is 7.56. The van der Waals surface area contributed by atoms with Gasteiger partial charge in [0.1, 0.15) is 17.2 Å². The van der Waals surface area contributed by atoms with Gasteiger partial charge < -0.3 is 14.8 Å². The van der Waals surface area contributed by atoms with Crippen molar-refractivity contribution in [3.05, 3.63) is 59.8 Å². The fourth-order valence-electron chi connectivity index (χ4n) is 3.81. The number of hydrogen-bond donors (Lipinski definition) is 2. The molecule has 1 fully saturated rings. The van der Waals surface area contributed by atoms with E-state index in [1.165, 1.54) is 0 Å². The maximum atomic E-state index is 13.3. The number of anilines is 1. The van der Waals surface area contributed by atoms with Crippen LogP contribution >= 0.6 is 0 Å². The number of nitrogens with one attached hydrogen (secondary N) is 2. The van der Waals surface area contributed by atoms with Crippen LogP contribution < -0.4 is 14.8 Å². The topological polar surface area (TPSA) is 76.2 Å². The Labute approximate surface area is 176 Å². The van der Waals surface area contributed by atoms with Crippen molar-refractivity contribution >= 4 is 11.6 Å². The fourth-order valence-corrected chi connectivity index (χ4v) is 3.81. The lowest BCUT2D eigenvalue weighted by Gasteiger charge is -2.17. The van der Waals surface area contributed by atoms with Crippen molar-refractivity contribution < 1.29 is 14.3 Å². The summed E-state index contributed by atoms with van der Waals surface area (Å²) in [6.07, 6.45) is 2.91. The third kappa shape index (κ3) is 3.90. The maximum Gasteiger partial charge on any atom is 0.232 e. The van der Waals surface area contributed by atoms with Crippen LogP contribution in [0.3, 0.4) is 0 Å². The van der Waals surface area contributed by atoms with Gasteiger partial charge in [-0.2, -0.15) is 5.10 Å². The van der Waals surface area contributed by atoms with E-state index in [2.05, 4.69) is 15.5 Å². The molecule has 1 amide bonds. The summed E-state index contributed by atoms with van der Waals surface area (Å²) in [6.45, 7) is 2.03. The Morgan fingerprint density at radius 1 is 1.17 bits per heavy atom. The molecular formula is C24H27N3O3. The molecule has 1 aliphatic rings. The number of rotatable bonds is 8. The molecule has 2 N–H and O–H groups in total. The predicted octanol–water partition coefficient (Wildman–Crippen LogP) is 5.10. The van der Waals surface area contributed by atoms with Crippen molar-refractivity contribution in [1.82, 2.24) is 10.2 Å². The minimum absolute atomic E-state index is 0.0271. The molecule has 1 aromatic heterocycles. The number of benzene rings is 2. The van der Waals surface area contributed by atoms with Crippen LogP contribution in [0, 0.1) is 0 Å². The second kappa shape index (κ2) is 8.61. The molecule has 0 saturated heterocycles. The smallest absolute Gasteiger partial charge is 0.232 e. The fraction of sp³-hybridized carbons (Fsp3) is 0.333. The molecular weight excluding hydrogens is 378 g/mol. The normalized spacial score (nSPS) is 14.2. The molecule has 0 spiro atoms. The molecule has 156 valence electrons. The molecule has 6 nitrogen and oxygen atoms in total. The lowest BCUT2D eigenvalue weighted by atomic mass is 9.95. The number of hydrogen-bond acceptors (Lipinski definition) is 4. The van der Waals surface area contributed by atoms with E-state index in [9.17, 15) is 4.79 Å². The van der Waals surface area contributed by atoms with Crippen LogP contribution in [0.15, 0.2) is 48.5 Å². The Morgan fingerprint density at radius 3 is 2.57 bits per heavy atom. The molecule has 0 unspecified atom stereocenters. The van der Waals surface area contributed by atoms with Gasteiger partial charge >= 0.3 is 0 Å². The zero-order chi connectivity index (χ0) is 21.1. The Bertz CT molecular complexity index is 1030. The summed E-state index contributed by atoms with van der Waals surface area (Å²) in [5.74, 6) is 1.50. The molecule has 0 aliphatic heterocycles. The lowest BCUT2D eigenvalue weighted by Crippen LogP contribution is -2.21. The highest BCUT2D eigenvalue weighted by molar-refractivity contribution is 6.00. The average molecular weight is 405 g/mol. The van der Waals surface area contributed by atoms with Gasteiger partial charge in [-0.05, 0) is 37.0 Å². The summed E-state index contributed by atoms with van der Waals surface area (Å²) in [5, 5.41) is 10.9. The van der Waals surface area contributed by atoms with Crippen molar-refractivity contribution in [3.8, 4) is 22.8 Å². The first kappa shape index (κ1) is 20.0. The third-order valence-electron chi connectivity index (χ3n) is 5.62. The first-order chi connectivity index (χ1) is 14.7. The van der Waals surface area contributed by atoms with E-state index in [4.69, 9.17) is 9.47 Å². The van der Waals surface area contributed by atoms with Gasteiger partial charge in [-0.1, -0.05) is 37.3 Å². The monoisotopic (exact) mass is 405 g/mol. The molecule has 1 heterocycles. The molecule has 3 aromatic rings. The summed E-state index contributed by atoms with van der Waals surface area (Å²) in [5.41, 5.74) is 4.24. The Balaban J connectivity index is 1.71. The minimum Gasteiger partial charge on any atom is -0.497 e. The number of carbonyl (C=O) groups excluding carboxylic acids is 1. The van der Waals surface area contributed by atoms with Crippen molar-refractivity contribution in [1.29, 1.82) is 0 Å².